The molecule has 152 valence electrons. The summed E-state index contributed by atoms with van der Waals surface area (Å²) in [4.78, 5) is 0. The van der Waals surface area contributed by atoms with Gasteiger partial charge < -0.3 is 10.0 Å². The van der Waals surface area contributed by atoms with E-state index in [-0.39, 0.29) is 0 Å². The third kappa shape index (κ3) is 3.04. The highest BCUT2D eigenvalue weighted by atomic mass is 35.5. The first-order valence-corrected chi connectivity index (χ1v) is 10.7. The van der Waals surface area contributed by atoms with Crippen molar-refractivity contribution in [2.24, 2.45) is 0 Å². The molecule has 0 atom stereocenters. The molecular formula is C27H22BClO2. The summed E-state index contributed by atoms with van der Waals surface area (Å²) in [6, 6.07) is 28.9. The van der Waals surface area contributed by atoms with Crippen molar-refractivity contribution in [2.75, 3.05) is 0 Å². The minimum Gasteiger partial charge on any atom is -0.423 e. The van der Waals surface area contributed by atoms with E-state index in [0.717, 1.165) is 33.4 Å². The zero-order valence-corrected chi connectivity index (χ0v) is 18.2. The lowest BCUT2D eigenvalue weighted by Crippen LogP contribution is -2.33. The Balaban J connectivity index is 1.96. The molecule has 0 heterocycles. The fraction of sp³-hybridized carbons (Fsp3) is 0.111. The van der Waals surface area contributed by atoms with Gasteiger partial charge >= 0.3 is 7.12 Å². The molecule has 0 saturated heterocycles. The molecule has 5 rings (SSSR count). The maximum atomic E-state index is 9.93. The first-order valence-electron chi connectivity index (χ1n) is 10.4. The molecule has 0 bridgehead atoms. The van der Waals surface area contributed by atoms with E-state index in [9.17, 15) is 10.0 Å². The SMILES string of the molecule is Cc1ccc(C2(c3ccc(C)cc3)c3cc(Cl)ccc3-c3ccc(B(O)O)cc32)cc1. The zero-order valence-electron chi connectivity index (χ0n) is 17.4. The molecule has 0 fully saturated rings. The number of rotatable bonds is 3. The van der Waals surface area contributed by atoms with E-state index in [1.807, 2.05) is 24.3 Å². The molecule has 2 nitrogen and oxygen atoms in total. The van der Waals surface area contributed by atoms with Gasteiger partial charge in [0.05, 0.1) is 5.41 Å². The highest BCUT2D eigenvalue weighted by Gasteiger charge is 2.46. The van der Waals surface area contributed by atoms with Gasteiger partial charge in [0, 0.05) is 5.02 Å². The molecule has 0 radical (unpaired) electrons. The lowest BCUT2D eigenvalue weighted by Gasteiger charge is -2.34. The minimum atomic E-state index is -1.54. The van der Waals surface area contributed by atoms with Crippen LogP contribution in [-0.2, 0) is 5.41 Å². The van der Waals surface area contributed by atoms with Crippen molar-refractivity contribution in [2.45, 2.75) is 19.3 Å². The maximum Gasteiger partial charge on any atom is 0.488 e. The van der Waals surface area contributed by atoms with E-state index in [4.69, 9.17) is 11.6 Å². The Bertz CT molecular complexity index is 1230. The third-order valence-corrected chi connectivity index (χ3v) is 6.63. The van der Waals surface area contributed by atoms with E-state index in [0.29, 0.717) is 10.5 Å². The lowest BCUT2D eigenvalue weighted by molar-refractivity contribution is 0.425. The summed E-state index contributed by atoms with van der Waals surface area (Å²) in [5, 5.41) is 20.5. The minimum absolute atomic E-state index is 0.473. The van der Waals surface area contributed by atoms with Crippen molar-refractivity contribution in [3.8, 4) is 11.1 Å². The Hall–Kier alpha value is -2.85. The van der Waals surface area contributed by atoms with Gasteiger partial charge in [-0.15, -0.1) is 0 Å². The predicted molar refractivity (Wildman–Crippen MR) is 128 cm³/mol. The molecule has 4 heteroatoms. The zero-order chi connectivity index (χ0) is 21.8. The van der Waals surface area contributed by atoms with Crippen LogP contribution >= 0.6 is 11.6 Å². The molecule has 0 aliphatic heterocycles. The summed E-state index contributed by atoms with van der Waals surface area (Å²) in [5.41, 5.74) is 8.80. The number of hydrogen-bond acceptors (Lipinski definition) is 2. The Morgan fingerprint density at radius 3 is 1.65 bits per heavy atom. The van der Waals surface area contributed by atoms with Gasteiger partial charge in [-0.05, 0) is 64.8 Å². The molecule has 0 aromatic heterocycles. The van der Waals surface area contributed by atoms with Crippen molar-refractivity contribution < 1.29 is 10.0 Å². The normalized spacial score (nSPS) is 13.6. The standard InChI is InChI=1S/C27H22BClO2/c1-17-3-7-19(8-4-17)27(20-9-5-18(2)6-10-20)25-15-21(28(30)31)11-13-23(25)24-14-12-22(29)16-26(24)27/h3-16,30-31H,1-2H3. The van der Waals surface area contributed by atoms with Gasteiger partial charge in [0.2, 0.25) is 0 Å². The highest BCUT2D eigenvalue weighted by Crippen LogP contribution is 2.56. The Morgan fingerprint density at radius 1 is 0.645 bits per heavy atom. The Kier molecular flexibility index (Phi) is 4.78. The van der Waals surface area contributed by atoms with Crippen LogP contribution in [0.25, 0.3) is 11.1 Å². The summed E-state index contributed by atoms with van der Waals surface area (Å²) < 4.78 is 0. The summed E-state index contributed by atoms with van der Waals surface area (Å²) in [7, 11) is -1.54. The Morgan fingerprint density at radius 2 is 1.13 bits per heavy atom. The van der Waals surface area contributed by atoms with Crippen LogP contribution in [0.1, 0.15) is 33.4 Å². The van der Waals surface area contributed by atoms with Crippen molar-refractivity contribution in [3.05, 3.63) is 123 Å². The van der Waals surface area contributed by atoms with Crippen molar-refractivity contribution in [1.29, 1.82) is 0 Å². The molecule has 4 aromatic rings. The van der Waals surface area contributed by atoms with Crippen LogP contribution in [0.3, 0.4) is 0 Å². The fourth-order valence-electron chi connectivity index (χ4n) is 4.87. The third-order valence-electron chi connectivity index (χ3n) is 6.39. The molecular weight excluding hydrogens is 403 g/mol. The van der Waals surface area contributed by atoms with Crippen LogP contribution in [0.4, 0.5) is 0 Å². The molecule has 1 aliphatic carbocycles. The second-order valence-corrected chi connectivity index (χ2v) is 8.79. The van der Waals surface area contributed by atoms with Crippen molar-refractivity contribution in [3.63, 3.8) is 0 Å². The highest BCUT2D eigenvalue weighted by molar-refractivity contribution is 6.58. The molecule has 4 aromatic carbocycles. The monoisotopic (exact) mass is 424 g/mol. The fourth-order valence-corrected chi connectivity index (χ4v) is 5.04. The second-order valence-electron chi connectivity index (χ2n) is 8.35. The summed E-state index contributed by atoms with van der Waals surface area (Å²) in [6.07, 6.45) is 0. The topological polar surface area (TPSA) is 40.5 Å². The van der Waals surface area contributed by atoms with Crippen LogP contribution in [0, 0.1) is 13.8 Å². The average Bonchev–Trinajstić information content (AvgIpc) is 3.04. The van der Waals surface area contributed by atoms with Crippen LogP contribution in [-0.4, -0.2) is 17.2 Å². The predicted octanol–water partition coefficient (Wildman–Crippen LogP) is 5.00. The summed E-state index contributed by atoms with van der Waals surface area (Å²) >= 11 is 6.52. The first-order chi connectivity index (χ1) is 14.9. The number of fused-ring (bicyclic) bond motifs is 3. The maximum absolute atomic E-state index is 9.93. The van der Waals surface area contributed by atoms with E-state index in [1.165, 1.54) is 11.1 Å². The van der Waals surface area contributed by atoms with Gasteiger partial charge in [-0.3, -0.25) is 0 Å². The number of halogens is 1. The molecule has 0 saturated carbocycles. The quantitative estimate of drug-likeness (QED) is 0.400. The van der Waals surface area contributed by atoms with Gasteiger partial charge in [0.25, 0.3) is 0 Å². The van der Waals surface area contributed by atoms with Crippen molar-refractivity contribution >= 4 is 24.2 Å². The van der Waals surface area contributed by atoms with Crippen LogP contribution in [0.15, 0.2) is 84.9 Å². The number of hydrogen-bond donors (Lipinski definition) is 2. The smallest absolute Gasteiger partial charge is 0.423 e. The van der Waals surface area contributed by atoms with E-state index in [1.54, 1.807) is 6.07 Å². The van der Waals surface area contributed by atoms with Crippen molar-refractivity contribution in [1.82, 2.24) is 0 Å². The average molecular weight is 425 g/mol. The summed E-state index contributed by atoms with van der Waals surface area (Å²) in [6.45, 7) is 4.16. The largest absolute Gasteiger partial charge is 0.488 e. The van der Waals surface area contributed by atoms with Crippen LogP contribution in [0.5, 0.6) is 0 Å². The van der Waals surface area contributed by atoms with Crippen LogP contribution in [0.2, 0.25) is 5.02 Å². The van der Waals surface area contributed by atoms with Gasteiger partial charge in [-0.25, -0.2) is 0 Å². The van der Waals surface area contributed by atoms with Crippen LogP contribution < -0.4 is 5.46 Å². The molecule has 2 N–H and O–H groups in total. The first kappa shape index (κ1) is 20.1. The Labute approximate surface area is 187 Å². The molecule has 31 heavy (non-hydrogen) atoms. The second kappa shape index (κ2) is 7.38. The number of aryl methyl sites for hydroxylation is 2. The van der Waals surface area contributed by atoms with Gasteiger partial charge in [-0.1, -0.05) is 95.5 Å². The lowest BCUT2D eigenvalue weighted by atomic mass is 9.66. The molecule has 1 aliphatic rings. The molecule has 0 amide bonds. The van der Waals surface area contributed by atoms with E-state index in [2.05, 4.69) is 68.4 Å². The van der Waals surface area contributed by atoms with E-state index >= 15 is 0 Å². The van der Waals surface area contributed by atoms with Gasteiger partial charge in [-0.2, -0.15) is 0 Å². The molecule has 0 spiro atoms. The van der Waals surface area contributed by atoms with E-state index < -0.39 is 12.5 Å². The van der Waals surface area contributed by atoms with Gasteiger partial charge in [0.15, 0.2) is 0 Å². The molecule has 0 unspecified atom stereocenters. The number of benzene rings is 4. The summed E-state index contributed by atoms with van der Waals surface area (Å²) in [5.74, 6) is 0. The van der Waals surface area contributed by atoms with Gasteiger partial charge in [0.1, 0.15) is 0 Å².